The van der Waals surface area contributed by atoms with Crippen molar-refractivity contribution in [3.8, 4) is 0 Å². The Labute approximate surface area is 92.2 Å². The number of aliphatic hydroxyl groups excluding tert-OH is 1. The summed E-state index contributed by atoms with van der Waals surface area (Å²) in [6.07, 6.45) is 5.61. The van der Waals surface area contributed by atoms with E-state index in [-0.39, 0.29) is 0 Å². The average Bonchev–Trinajstić information content (AvgIpc) is 2.87. The summed E-state index contributed by atoms with van der Waals surface area (Å²) in [5.41, 5.74) is 0. The number of thiazole rings is 1. The van der Waals surface area contributed by atoms with E-state index < -0.39 is 6.10 Å². The molecule has 15 heavy (non-hydrogen) atoms. The SMILES string of the molecule is CCCn1ccnc1C(O)c1nccs1. The number of imidazole rings is 1. The van der Waals surface area contributed by atoms with Crippen molar-refractivity contribution in [3.05, 3.63) is 34.8 Å². The molecule has 2 heterocycles. The molecule has 0 fully saturated rings. The summed E-state index contributed by atoms with van der Waals surface area (Å²) in [5, 5.41) is 12.6. The summed E-state index contributed by atoms with van der Waals surface area (Å²) in [6.45, 7) is 2.97. The van der Waals surface area contributed by atoms with E-state index in [0.717, 1.165) is 13.0 Å². The predicted octanol–water partition coefficient (Wildman–Crippen LogP) is 1.83. The second-order valence-electron chi connectivity index (χ2n) is 3.25. The van der Waals surface area contributed by atoms with Crippen LogP contribution in [0.4, 0.5) is 0 Å². The van der Waals surface area contributed by atoms with Gasteiger partial charge in [-0.2, -0.15) is 0 Å². The van der Waals surface area contributed by atoms with E-state index in [1.807, 2.05) is 16.1 Å². The monoisotopic (exact) mass is 223 g/mol. The maximum Gasteiger partial charge on any atom is 0.163 e. The molecule has 80 valence electrons. The Morgan fingerprint density at radius 3 is 3.00 bits per heavy atom. The Bertz CT molecular complexity index is 410. The molecule has 1 N–H and O–H groups in total. The molecular weight excluding hydrogens is 210 g/mol. The molecule has 0 saturated carbocycles. The molecule has 1 atom stereocenters. The number of hydrogen-bond acceptors (Lipinski definition) is 4. The lowest BCUT2D eigenvalue weighted by molar-refractivity contribution is 0.204. The molecule has 0 bridgehead atoms. The Morgan fingerprint density at radius 1 is 1.47 bits per heavy atom. The van der Waals surface area contributed by atoms with Gasteiger partial charge in [0.2, 0.25) is 0 Å². The highest BCUT2D eigenvalue weighted by Crippen LogP contribution is 2.22. The maximum atomic E-state index is 10.0. The molecule has 0 radical (unpaired) electrons. The fourth-order valence-corrected chi connectivity index (χ4v) is 2.10. The zero-order valence-corrected chi connectivity index (χ0v) is 9.31. The number of nitrogens with zero attached hydrogens (tertiary/aromatic N) is 3. The van der Waals surface area contributed by atoms with E-state index in [4.69, 9.17) is 0 Å². The van der Waals surface area contributed by atoms with E-state index in [9.17, 15) is 5.11 Å². The van der Waals surface area contributed by atoms with E-state index in [1.165, 1.54) is 11.3 Å². The molecule has 1 unspecified atom stereocenters. The van der Waals surface area contributed by atoms with Crippen molar-refractivity contribution in [3.63, 3.8) is 0 Å². The summed E-state index contributed by atoms with van der Waals surface area (Å²) < 4.78 is 1.96. The van der Waals surface area contributed by atoms with Crippen LogP contribution in [0.2, 0.25) is 0 Å². The molecule has 5 heteroatoms. The lowest BCUT2D eigenvalue weighted by atomic mass is 10.3. The quantitative estimate of drug-likeness (QED) is 0.860. The van der Waals surface area contributed by atoms with Crippen LogP contribution >= 0.6 is 11.3 Å². The van der Waals surface area contributed by atoms with Gasteiger partial charge in [0.1, 0.15) is 10.8 Å². The zero-order chi connectivity index (χ0) is 10.7. The van der Waals surface area contributed by atoms with E-state index >= 15 is 0 Å². The third-order valence-electron chi connectivity index (χ3n) is 2.14. The smallest absolute Gasteiger partial charge is 0.163 e. The normalized spacial score (nSPS) is 12.9. The average molecular weight is 223 g/mol. The first-order chi connectivity index (χ1) is 7.33. The minimum Gasteiger partial charge on any atom is -0.378 e. The molecule has 0 spiro atoms. The number of rotatable bonds is 4. The molecule has 4 nitrogen and oxygen atoms in total. The molecule has 0 aromatic carbocycles. The van der Waals surface area contributed by atoms with Crippen molar-refractivity contribution >= 4 is 11.3 Å². The highest BCUT2D eigenvalue weighted by molar-refractivity contribution is 7.09. The lowest BCUT2D eigenvalue weighted by Crippen LogP contribution is -2.09. The van der Waals surface area contributed by atoms with Crippen molar-refractivity contribution in [2.45, 2.75) is 26.0 Å². The van der Waals surface area contributed by atoms with E-state index in [2.05, 4.69) is 16.9 Å². The van der Waals surface area contributed by atoms with Crippen LogP contribution in [0, 0.1) is 0 Å². The van der Waals surface area contributed by atoms with Crippen LogP contribution in [-0.4, -0.2) is 19.6 Å². The van der Waals surface area contributed by atoms with Crippen LogP contribution in [0.15, 0.2) is 24.0 Å². The minimum absolute atomic E-state index is 0.673. The van der Waals surface area contributed by atoms with Crippen LogP contribution < -0.4 is 0 Å². The van der Waals surface area contributed by atoms with Gasteiger partial charge in [-0.05, 0) is 6.42 Å². The molecule has 0 saturated heterocycles. The topological polar surface area (TPSA) is 50.9 Å². The molecular formula is C10H13N3OS. The van der Waals surface area contributed by atoms with E-state index in [1.54, 1.807) is 12.4 Å². The summed E-state index contributed by atoms with van der Waals surface area (Å²) in [6, 6.07) is 0. The van der Waals surface area contributed by atoms with Crippen LogP contribution in [-0.2, 0) is 6.54 Å². The van der Waals surface area contributed by atoms with Gasteiger partial charge in [0.05, 0.1) is 0 Å². The fraction of sp³-hybridized carbons (Fsp3) is 0.400. The summed E-state index contributed by atoms with van der Waals surface area (Å²) in [4.78, 5) is 8.26. The highest BCUT2D eigenvalue weighted by atomic mass is 32.1. The van der Waals surface area contributed by atoms with Crippen molar-refractivity contribution in [1.82, 2.24) is 14.5 Å². The van der Waals surface area contributed by atoms with Gasteiger partial charge < -0.3 is 9.67 Å². The Balaban J connectivity index is 2.25. The zero-order valence-electron chi connectivity index (χ0n) is 8.50. The lowest BCUT2D eigenvalue weighted by Gasteiger charge is -2.10. The van der Waals surface area contributed by atoms with Crippen LogP contribution in [0.3, 0.4) is 0 Å². The summed E-state index contributed by atoms with van der Waals surface area (Å²) >= 11 is 1.44. The molecule has 0 aliphatic rings. The van der Waals surface area contributed by atoms with Gasteiger partial charge >= 0.3 is 0 Å². The van der Waals surface area contributed by atoms with Gasteiger partial charge in [-0.1, -0.05) is 6.92 Å². The third kappa shape index (κ3) is 2.08. The van der Waals surface area contributed by atoms with Crippen molar-refractivity contribution < 1.29 is 5.11 Å². The number of hydrogen-bond donors (Lipinski definition) is 1. The van der Waals surface area contributed by atoms with Gasteiger partial charge in [0.15, 0.2) is 6.10 Å². The third-order valence-corrected chi connectivity index (χ3v) is 2.97. The predicted molar refractivity (Wildman–Crippen MR) is 58.7 cm³/mol. The van der Waals surface area contributed by atoms with Crippen molar-refractivity contribution in [2.75, 3.05) is 0 Å². The number of aliphatic hydroxyl groups is 1. The van der Waals surface area contributed by atoms with Crippen LogP contribution in [0.25, 0.3) is 0 Å². The number of aryl methyl sites for hydroxylation is 1. The maximum absolute atomic E-state index is 10.0. The molecule has 2 aromatic rings. The van der Waals surface area contributed by atoms with Gasteiger partial charge in [-0.3, -0.25) is 0 Å². The van der Waals surface area contributed by atoms with Crippen molar-refractivity contribution in [2.24, 2.45) is 0 Å². The van der Waals surface area contributed by atoms with Gasteiger partial charge in [0, 0.05) is 30.5 Å². The Hall–Kier alpha value is -1.20. The fourth-order valence-electron chi connectivity index (χ4n) is 1.48. The van der Waals surface area contributed by atoms with Crippen molar-refractivity contribution in [1.29, 1.82) is 0 Å². The molecule has 0 aliphatic carbocycles. The molecule has 2 aromatic heterocycles. The van der Waals surface area contributed by atoms with Gasteiger partial charge in [0.25, 0.3) is 0 Å². The first-order valence-corrected chi connectivity index (χ1v) is 5.79. The Kier molecular flexibility index (Phi) is 3.13. The molecule has 2 rings (SSSR count). The summed E-state index contributed by atoms with van der Waals surface area (Å²) in [7, 11) is 0. The van der Waals surface area contributed by atoms with Crippen LogP contribution in [0.5, 0.6) is 0 Å². The Morgan fingerprint density at radius 2 is 2.33 bits per heavy atom. The second kappa shape index (κ2) is 4.55. The highest BCUT2D eigenvalue weighted by Gasteiger charge is 2.17. The molecule has 0 aliphatic heterocycles. The summed E-state index contributed by atoms with van der Waals surface area (Å²) in [5.74, 6) is 0.673. The minimum atomic E-state index is -0.702. The van der Waals surface area contributed by atoms with Gasteiger partial charge in [-0.15, -0.1) is 11.3 Å². The standard InChI is InChI=1S/C10H13N3OS/c1-2-5-13-6-3-11-9(13)8(14)10-12-4-7-15-10/h3-4,6-8,14H,2,5H2,1H3. The van der Waals surface area contributed by atoms with Gasteiger partial charge in [-0.25, -0.2) is 9.97 Å². The van der Waals surface area contributed by atoms with E-state index in [0.29, 0.717) is 10.8 Å². The second-order valence-corrected chi connectivity index (χ2v) is 4.18. The molecule has 0 amide bonds. The largest absolute Gasteiger partial charge is 0.378 e. The first-order valence-electron chi connectivity index (χ1n) is 4.91. The van der Waals surface area contributed by atoms with Crippen LogP contribution in [0.1, 0.15) is 30.3 Å². The number of aromatic nitrogens is 3. The first kappa shape index (κ1) is 10.3.